The molecule has 0 unspecified atom stereocenters. The van der Waals surface area contributed by atoms with Gasteiger partial charge in [-0.3, -0.25) is 0 Å². The Morgan fingerprint density at radius 1 is 1.45 bits per heavy atom. The maximum Gasteiger partial charge on any atom is 0.130 e. The van der Waals surface area contributed by atoms with Crippen LogP contribution in [0.2, 0.25) is 0 Å². The molecule has 20 heavy (non-hydrogen) atoms. The van der Waals surface area contributed by atoms with E-state index in [4.69, 9.17) is 0 Å². The van der Waals surface area contributed by atoms with Crippen molar-refractivity contribution in [2.75, 3.05) is 26.7 Å². The second-order valence-electron chi connectivity index (χ2n) is 5.75. The molecule has 0 aromatic heterocycles. The highest BCUT2D eigenvalue weighted by Crippen LogP contribution is 2.17. The highest BCUT2D eigenvalue weighted by molar-refractivity contribution is 5.53. The van der Waals surface area contributed by atoms with Gasteiger partial charge >= 0.3 is 0 Å². The summed E-state index contributed by atoms with van der Waals surface area (Å²) in [6, 6.07) is 7.64. The van der Waals surface area contributed by atoms with Crippen molar-refractivity contribution in [2.45, 2.75) is 32.2 Å². The molecule has 0 aliphatic carbocycles. The van der Waals surface area contributed by atoms with Gasteiger partial charge in [-0.1, -0.05) is 29.8 Å². The topological polar surface area (TPSA) is 15.3 Å². The molecule has 0 spiro atoms. The van der Waals surface area contributed by atoms with Crippen LogP contribution in [0.4, 0.5) is 4.39 Å². The van der Waals surface area contributed by atoms with Crippen LogP contribution < -0.4 is 5.32 Å². The third-order valence-electron chi connectivity index (χ3n) is 4.04. The lowest BCUT2D eigenvalue weighted by atomic mass is 10.1. The number of likely N-dealkylation sites (tertiary alicyclic amines) is 1. The fourth-order valence-electron chi connectivity index (χ4n) is 2.81. The van der Waals surface area contributed by atoms with Gasteiger partial charge in [0, 0.05) is 18.2 Å². The van der Waals surface area contributed by atoms with Gasteiger partial charge < -0.3 is 10.2 Å². The smallest absolute Gasteiger partial charge is 0.130 e. The summed E-state index contributed by atoms with van der Waals surface area (Å²) in [6.07, 6.45) is 5.77. The molecular formula is C17H25FN2. The standard InChI is InChI=1S/C17H25FN2/c1-14(12-15-6-3-4-8-17(15)18)13-19-10-9-16-7-5-11-20(16)2/h3-4,6,8,12,16,19H,5,7,9-11,13H2,1-2H3/b14-12+/t16-/m0/s1. The molecule has 0 radical (unpaired) electrons. The number of nitrogens with zero attached hydrogens (tertiary/aromatic N) is 1. The quantitative estimate of drug-likeness (QED) is 0.802. The summed E-state index contributed by atoms with van der Waals surface area (Å²) in [5.41, 5.74) is 1.83. The van der Waals surface area contributed by atoms with Gasteiger partial charge in [-0.2, -0.15) is 0 Å². The lowest BCUT2D eigenvalue weighted by molar-refractivity contribution is 0.294. The largest absolute Gasteiger partial charge is 0.313 e. The van der Waals surface area contributed by atoms with Crippen LogP contribution in [0.25, 0.3) is 6.08 Å². The molecule has 1 N–H and O–H groups in total. The molecule has 2 nitrogen and oxygen atoms in total. The van der Waals surface area contributed by atoms with Gasteiger partial charge in [-0.15, -0.1) is 0 Å². The highest BCUT2D eigenvalue weighted by atomic mass is 19.1. The Morgan fingerprint density at radius 2 is 2.25 bits per heavy atom. The molecule has 1 aromatic carbocycles. The lowest BCUT2D eigenvalue weighted by Crippen LogP contribution is -2.29. The Morgan fingerprint density at radius 3 is 2.95 bits per heavy atom. The van der Waals surface area contributed by atoms with Crippen molar-refractivity contribution in [3.8, 4) is 0 Å². The van der Waals surface area contributed by atoms with Crippen molar-refractivity contribution in [3.05, 3.63) is 41.2 Å². The van der Waals surface area contributed by atoms with E-state index in [9.17, 15) is 4.39 Å². The van der Waals surface area contributed by atoms with E-state index in [1.165, 1.54) is 31.9 Å². The first-order valence-electron chi connectivity index (χ1n) is 7.49. The van der Waals surface area contributed by atoms with Crippen molar-refractivity contribution in [3.63, 3.8) is 0 Å². The van der Waals surface area contributed by atoms with Crippen LogP contribution in [0.1, 0.15) is 31.7 Å². The van der Waals surface area contributed by atoms with Crippen LogP contribution in [0.15, 0.2) is 29.8 Å². The van der Waals surface area contributed by atoms with E-state index in [0.29, 0.717) is 5.56 Å². The summed E-state index contributed by atoms with van der Waals surface area (Å²) >= 11 is 0. The Kier molecular flexibility index (Phi) is 5.74. The van der Waals surface area contributed by atoms with Crippen molar-refractivity contribution in [2.24, 2.45) is 0 Å². The molecule has 1 atom stereocenters. The van der Waals surface area contributed by atoms with E-state index in [2.05, 4.69) is 17.3 Å². The minimum absolute atomic E-state index is 0.153. The van der Waals surface area contributed by atoms with E-state index < -0.39 is 0 Å². The third-order valence-corrected chi connectivity index (χ3v) is 4.04. The van der Waals surface area contributed by atoms with Gasteiger partial charge in [0.15, 0.2) is 0 Å². The highest BCUT2D eigenvalue weighted by Gasteiger charge is 2.19. The second-order valence-corrected chi connectivity index (χ2v) is 5.75. The zero-order valence-electron chi connectivity index (χ0n) is 12.5. The van der Waals surface area contributed by atoms with Crippen molar-refractivity contribution in [1.29, 1.82) is 0 Å². The van der Waals surface area contributed by atoms with E-state index in [1.807, 2.05) is 25.1 Å². The maximum absolute atomic E-state index is 13.5. The molecule has 1 saturated heterocycles. The minimum atomic E-state index is -0.153. The number of hydrogen-bond donors (Lipinski definition) is 1. The van der Waals surface area contributed by atoms with Gasteiger partial charge in [0.2, 0.25) is 0 Å². The number of nitrogens with one attached hydrogen (secondary N) is 1. The van der Waals surface area contributed by atoms with Crippen LogP contribution in [0.3, 0.4) is 0 Å². The molecular weight excluding hydrogens is 251 g/mol. The average Bonchev–Trinajstić information content (AvgIpc) is 2.83. The number of benzene rings is 1. The van der Waals surface area contributed by atoms with Gasteiger partial charge in [-0.25, -0.2) is 4.39 Å². The molecule has 2 rings (SSSR count). The summed E-state index contributed by atoms with van der Waals surface area (Å²) in [5.74, 6) is -0.153. The maximum atomic E-state index is 13.5. The molecule has 1 aliphatic heterocycles. The fourth-order valence-corrected chi connectivity index (χ4v) is 2.81. The SMILES string of the molecule is C/C(=C\c1ccccc1F)CNCC[C@@H]1CCCN1C. The molecule has 110 valence electrons. The monoisotopic (exact) mass is 276 g/mol. The molecule has 0 bridgehead atoms. The van der Waals surface area contributed by atoms with Gasteiger partial charge in [0.1, 0.15) is 5.82 Å². The summed E-state index contributed by atoms with van der Waals surface area (Å²) < 4.78 is 13.5. The molecule has 0 amide bonds. The van der Waals surface area contributed by atoms with Crippen LogP contribution in [0, 0.1) is 5.82 Å². The molecule has 3 heteroatoms. The predicted molar refractivity (Wildman–Crippen MR) is 83.2 cm³/mol. The Hall–Kier alpha value is -1.19. The van der Waals surface area contributed by atoms with Crippen molar-refractivity contribution >= 4 is 6.08 Å². The van der Waals surface area contributed by atoms with E-state index in [-0.39, 0.29) is 5.82 Å². The van der Waals surface area contributed by atoms with Gasteiger partial charge in [-0.05, 0) is 52.4 Å². The Balaban J connectivity index is 1.72. The molecule has 0 saturated carbocycles. The molecule has 1 aromatic rings. The number of hydrogen-bond acceptors (Lipinski definition) is 2. The third kappa shape index (κ3) is 4.43. The fraction of sp³-hybridized carbons (Fsp3) is 0.529. The van der Waals surface area contributed by atoms with Gasteiger partial charge in [0.05, 0.1) is 0 Å². The average molecular weight is 276 g/mol. The summed E-state index contributed by atoms with van der Waals surface area (Å²) in [7, 11) is 2.21. The van der Waals surface area contributed by atoms with Gasteiger partial charge in [0.25, 0.3) is 0 Å². The van der Waals surface area contributed by atoms with Crippen LogP contribution in [0.5, 0.6) is 0 Å². The minimum Gasteiger partial charge on any atom is -0.313 e. The number of halogens is 1. The molecule has 1 heterocycles. The van der Waals surface area contributed by atoms with E-state index >= 15 is 0 Å². The zero-order valence-corrected chi connectivity index (χ0v) is 12.5. The predicted octanol–water partition coefficient (Wildman–Crippen LogP) is 3.30. The van der Waals surface area contributed by atoms with Crippen LogP contribution >= 0.6 is 0 Å². The first-order valence-corrected chi connectivity index (χ1v) is 7.49. The first kappa shape index (κ1) is 15.2. The van der Waals surface area contributed by atoms with Crippen LogP contribution in [-0.2, 0) is 0 Å². The lowest BCUT2D eigenvalue weighted by Gasteiger charge is -2.19. The zero-order chi connectivity index (χ0) is 14.4. The molecule has 1 fully saturated rings. The van der Waals surface area contributed by atoms with E-state index in [0.717, 1.165) is 24.7 Å². The van der Waals surface area contributed by atoms with Crippen LogP contribution in [-0.4, -0.2) is 37.6 Å². The second kappa shape index (κ2) is 7.55. The summed E-state index contributed by atoms with van der Waals surface area (Å²) in [6.45, 7) is 5.13. The summed E-state index contributed by atoms with van der Waals surface area (Å²) in [5, 5.41) is 3.45. The van der Waals surface area contributed by atoms with E-state index in [1.54, 1.807) is 6.07 Å². The molecule has 1 aliphatic rings. The Labute approximate surface area is 121 Å². The number of rotatable bonds is 6. The normalized spacial score (nSPS) is 20.6. The summed E-state index contributed by atoms with van der Waals surface area (Å²) in [4.78, 5) is 2.45. The van der Waals surface area contributed by atoms with Crippen molar-refractivity contribution < 1.29 is 4.39 Å². The van der Waals surface area contributed by atoms with Crippen molar-refractivity contribution in [1.82, 2.24) is 10.2 Å². The first-order chi connectivity index (χ1) is 9.66. The Bertz CT molecular complexity index is 456.